The fourth-order valence-electron chi connectivity index (χ4n) is 2.07. The maximum atomic E-state index is 11.3. The van der Waals surface area contributed by atoms with Gasteiger partial charge in [0, 0.05) is 12.0 Å². The van der Waals surface area contributed by atoms with Gasteiger partial charge in [-0.05, 0) is 6.92 Å². The normalized spacial score (nSPS) is 12.9. The summed E-state index contributed by atoms with van der Waals surface area (Å²) in [5, 5.41) is 9.22. The van der Waals surface area contributed by atoms with E-state index in [2.05, 4.69) is 9.97 Å². The van der Waals surface area contributed by atoms with Crippen LogP contribution in [0, 0.1) is 6.92 Å². The third-order valence-electron chi connectivity index (χ3n) is 3.07. The summed E-state index contributed by atoms with van der Waals surface area (Å²) in [5.74, 6) is -0.265. The standard InChI is InChI=1S/C14H12N2O3/c1-8-2-4-9(5-3-8)12-15-11(14(17)18)10-6-7-19-13(10)16-12/h2-5H,6-7H2,1H3,(H,17,18). The molecular formula is C14H12N2O3. The molecule has 5 nitrogen and oxygen atoms in total. The van der Waals surface area contributed by atoms with Crippen molar-refractivity contribution < 1.29 is 14.6 Å². The number of carbonyl (C=O) groups is 1. The number of aromatic nitrogens is 2. The molecule has 1 aliphatic heterocycles. The molecule has 1 aromatic heterocycles. The molecule has 96 valence electrons. The van der Waals surface area contributed by atoms with Crippen molar-refractivity contribution in [3.63, 3.8) is 0 Å². The number of benzene rings is 1. The third-order valence-corrected chi connectivity index (χ3v) is 3.07. The second-order valence-corrected chi connectivity index (χ2v) is 4.45. The van der Waals surface area contributed by atoms with Crippen molar-refractivity contribution >= 4 is 5.97 Å². The maximum Gasteiger partial charge on any atom is 0.355 e. The van der Waals surface area contributed by atoms with Gasteiger partial charge in [0.15, 0.2) is 11.5 Å². The molecule has 0 atom stereocenters. The molecule has 0 saturated heterocycles. The van der Waals surface area contributed by atoms with Gasteiger partial charge in [-0.1, -0.05) is 29.8 Å². The first-order valence-electron chi connectivity index (χ1n) is 5.99. The van der Waals surface area contributed by atoms with Crippen molar-refractivity contribution in [2.45, 2.75) is 13.3 Å². The molecule has 0 fully saturated rings. The molecule has 1 N–H and O–H groups in total. The molecule has 0 spiro atoms. The second-order valence-electron chi connectivity index (χ2n) is 4.45. The highest BCUT2D eigenvalue weighted by Crippen LogP contribution is 2.28. The predicted molar refractivity (Wildman–Crippen MR) is 68.4 cm³/mol. The molecule has 5 heteroatoms. The van der Waals surface area contributed by atoms with Crippen molar-refractivity contribution in [3.05, 3.63) is 41.1 Å². The smallest absolute Gasteiger partial charge is 0.355 e. The van der Waals surface area contributed by atoms with E-state index in [0.717, 1.165) is 11.1 Å². The molecular weight excluding hydrogens is 244 g/mol. The summed E-state index contributed by atoms with van der Waals surface area (Å²) in [6.07, 6.45) is 0.547. The molecule has 3 rings (SSSR count). The number of aryl methyl sites for hydroxylation is 1. The number of carboxylic acids is 1. The summed E-state index contributed by atoms with van der Waals surface area (Å²) in [7, 11) is 0. The van der Waals surface area contributed by atoms with Gasteiger partial charge in [-0.3, -0.25) is 0 Å². The molecule has 2 aromatic rings. The van der Waals surface area contributed by atoms with Crippen molar-refractivity contribution in [1.82, 2.24) is 9.97 Å². The van der Waals surface area contributed by atoms with Crippen molar-refractivity contribution in [2.24, 2.45) is 0 Å². The van der Waals surface area contributed by atoms with Crippen LogP contribution in [0.15, 0.2) is 24.3 Å². The molecule has 2 heterocycles. The number of hydrogen-bond donors (Lipinski definition) is 1. The Morgan fingerprint density at radius 1 is 1.26 bits per heavy atom. The van der Waals surface area contributed by atoms with Crippen LogP contribution in [-0.4, -0.2) is 27.7 Å². The van der Waals surface area contributed by atoms with Gasteiger partial charge < -0.3 is 9.84 Å². The number of ether oxygens (including phenoxy) is 1. The topological polar surface area (TPSA) is 72.3 Å². The SMILES string of the molecule is Cc1ccc(-c2nc3c(c(C(=O)O)n2)CCO3)cc1. The summed E-state index contributed by atoms with van der Waals surface area (Å²) in [5.41, 5.74) is 2.53. The highest BCUT2D eigenvalue weighted by molar-refractivity contribution is 5.88. The van der Waals surface area contributed by atoms with E-state index in [1.54, 1.807) is 0 Å². The number of carboxylic acid groups (broad SMARTS) is 1. The van der Waals surface area contributed by atoms with Crippen LogP contribution in [0.4, 0.5) is 0 Å². The maximum absolute atomic E-state index is 11.3. The average Bonchev–Trinajstić information content (AvgIpc) is 2.86. The zero-order valence-electron chi connectivity index (χ0n) is 10.4. The number of nitrogens with zero attached hydrogens (tertiary/aromatic N) is 2. The Hall–Kier alpha value is -2.43. The van der Waals surface area contributed by atoms with E-state index in [4.69, 9.17) is 4.74 Å². The van der Waals surface area contributed by atoms with Gasteiger partial charge in [-0.15, -0.1) is 0 Å². The van der Waals surface area contributed by atoms with Crippen LogP contribution in [0.1, 0.15) is 21.6 Å². The van der Waals surface area contributed by atoms with Gasteiger partial charge in [0.25, 0.3) is 0 Å². The Kier molecular flexibility index (Phi) is 2.67. The van der Waals surface area contributed by atoms with Crippen molar-refractivity contribution in [1.29, 1.82) is 0 Å². The van der Waals surface area contributed by atoms with Gasteiger partial charge in [0.05, 0.1) is 12.2 Å². The second kappa shape index (κ2) is 4.35. The molecule has 1 aromatic carbocycles. The monoisotopic (exact) mass is 256 g/mol. The Bertz CT molecular complexity index is 650. The van der Waals surface area contributed by atoms with Gasteiger partial charge in [-0.25, -0.2) is 9.78 Å². The van der Waals surface area contributed by atoms with E-state index in [0.29, 0.717) is 30.3 Å². The van der Waals surface area contributed by atoms with Gasteiger partial charge in [-0.2, -0.15) is 4.98 Å². The summed E-state index contributed by atoms with van der Waals surface area (Å²) < 4.78 is 5.36. The first-order chi connectivity index (χ1) is 9.15. The van der Waals surface area contributed by atoms with Gasteiger partial charge >= 0.3 is 5.97 Å². The minimum Gasteiger partial charge on any atom is -0.477 e. The van der Waals surface area contributed by atoms with Crippen LogP contribution < -0.4 is 4.74 Å². The lowest BCUT2D eigenvalue weighted by Crippen LogP contribution is -2.07. The van der Waals surface area contributed by atoms with Crippen LogP contribution in [-0.2, 0) is 6.42 Å². The molecule has 0 radical (unpaired) electrons. The zero-order valence-corrected chi connectivity index (χ0v) is 10.4. The molecule has 0 bridgehead atoms. The van der Waals surface area contributed by atoms with E-state index >= 15 is 0 Å². The van der Waals surface area contributed by atoms with E-state index in [1.807, 2.05) is 31.2 Å². The van der Waals surface area contributed by atoms with Gasteiger partial charge in [0.1, 0.15) is 0 Å². The first-order valence-corrected chi connectivity index (χ1v) is 5.99. The van der Waals surface area contributed by atoms with Crippen molar-refractivity contribution in [2.75, 3.05) is 6.61 Å². The summed E-state index contributed by atoms with van der Waals surface area (Å²) in [6, 6.07) is 7.62. The van der Waals surface area contributed by atoms with Crippen LogP contribution in [0.3, 0.4) is 0 Å². The molecule has 0 aliphatic carbocycles. The summed E-state index contributed by atoms with van der Waals surface area (Å²) >= 11 is 0. The van der Waals surface area contributed by atoms with Gasteiger partial charge in [0.2, 0.25) is 5.88 Å². The Morgan fingerprint density at radius 2 is 2.00 bits per heavy atom. The number of hydrogen-bond acceptors (Lipinski definition) is 4. The largest absolute Gasteiger partial charge is 0.477 e. The lowest BCUT2D eigenvalue weighted by Gasteiger charge is -2.06. The third kappa shape index (κ3) is 2.03. The molecule has 1 aliphatic rings. The van der Waals surface area contributed by atoms with Crippen LogP contribution in [0.2, 0.25) is 0 Å². The minimum atomic E-state index is -1.04. The quantitative estimate of drug-likeness (QED) is 0.890. The molecule has 19 heavy (non-hydrogen) atoms. The van der Waals surface area contributed by atoms with E-state index < -0.39 is 5.97 Å². The molecule has 0 unspecified atom stereocenters. The van der Waals surface area contributed by atoms with Crippen molar-refractivity contribution in [3.8, 4) is 17.3 Å². The average molecular weight is 256 g/mol. The molecule has 0 amide bonds. The van der Waals surface area contributed by atoms with E-state index in [-0.39, 0.29) is 5.69 Å². The van der Waals surface area contributed by atoms with E-state index in [1.165, 1.54) is 0 Å². The van der Waals surface area contributed by atoms with Crippen LogP contribution in [0.25, 0.3) is 11.4 Å². The van der Waals surface area contributed by atoms with Crippen LogP contribution in [0.5, 0.6) is 5.88 Å². The summed E-state index contributed by atoms with van der Waals surface area (Å²) in [4.78, 5) is 19.7. The Balaban J connectivity index is 2.15. The number of rotatable bonds is 2. The predicted octanol–water partition coefficient (Wildman–Crippen LogP) is 2.09. The Morgan fingerprint density at radius 3 is 2.68 bits per heavy atom. The fraction of sp³-hybridized carbons (Fsp3) is 0.214. The highest BCUT2D eigenvalue weighted by atomic mass is 16.5. The number of fused-ring (bicyclic) bond motifs is 1. The van der Waals surface area contributed by atoms with Crippen LogP contribution >= 0.6 is 0 Å². The number of aromatic carboxylic acids is 1. The fourth-order valence-corrected chi connectivity index (χ4v) is 2.07. The lowest BCUT2D eigenvalue weighted by molar-refractivity contribution is 0.0689. The van der Waals surface area contributed by atoms with E-state index in [9.17, 15) is 9.90 Å². The zero-order chi connectivity index (χ0) is 13.4. The Labute approximate surface area is 109 Å². The lowest BCUT2D eigenvalue weighted by atomic mass is 10.1. The highest BCUT2D eigenvalue weighted by Gasteiger charge is 2.24. The first kappa shape index (κ1) is 11.6. The summed E-state index contributed by atoms with van der Waals surface area (Å²) in [6.45, 7) is 2.45. The molecule has 0 saturated carbocycles. The minimum absolute atomic E-state index is 0.0399.